The molecule has 1 aliphatic carbocycles. The Bertz CT molecular complexity index is 1440. The normalized spacial score (nSPS) is 19.7. The molecule has 2 aromatic heterocycles. The number of para-hydroxylation sites is 1. The monoisotopic (exact) mass is 522 g/mol. The highest BCUT2D eigenvalue weighted by molar-refractivity contribution is 7.80. The zero-order chi connectivity index (χ0) is 26.2. The standard InChI is InChI=1S/C32H34N4OS/c1-21-10-4-7-14-29(21)37-26-17-15-25(16-18-26)36-31(30(34-32(36)38)28-13-8-9-19-33-28)27-20-22(2)35(23(27)3)24-11-5-6-12-24/h4,7-10,13-20,24,30-31H,5-6,11-12H2,1-3H3,(H,34,38)/t30-,31-/m0/s1. The van der Waals surface area contributed by atoms with Gasteiger partial charge in [0.1, 0.15) is 11.5 Å². The summed E-state index contributed by atoms with van der Waals surface area (Å²) in [5, 5.41) is 4.32. The van der Waals surface area contributed by atoms with E-state index in [0.717, 1.165) is 28.4 Å². The van der Waals surface area contributed by atoms with Gasteiger partial charge in [-0.15, -0.1) is 0 Å². The van der Waals surface area contributed by atoms with E-state index in [4.69, 9.17) is 21.9 Å². The third kappa shape index (κ3) is 4.47. The molecule has 194 valence electrons. The SMILES string of the molecule is Cc1ccccc1Oc1ccc(N2C(=S)N[C@@H](c3ccccn3)[C@@H]2c2cc(C)n(C3CCCC3)c2C)cc1. The number of nitrogens with one attached hydrogen (secondary N) is 1. The molecule has 4 aromatic rings. The first kappa shape index (κ1) is 24.7. The number of aromatic nitrogens is 2. The zero-order valence-electron chi connectivity index (χ0n) is 22.2. The molecular formula is C32H34N4OS. The van der Waals surface area contributed by atoms with Crippen LogP contribution in [0.3, 0.4) is 0 Å². The molecule has 0 spiro atoms. The van der Waals surface area contributed by atoms with Crippen molar-refractivity contribution in [2.24, 2.45) is 0 Å². The predicted octanol–water partition coefficient (Wildman–Crippen LogP) is 7.89. The number of aryl methyl sites for hydroxylation is 2. The fourth-order valence-corrected chi connectivity index (χ4v) is 6.59. The van der Waals surface area contributed by atoms with Gasteiger partial charge in [0.25, 0.3) is 0 Å². The lowest BCUT2D eigenvalue weighted by Crippen LogP contribution is -2.29. The molecule has 0 amide bonds. The van der Waals surface area contributed by atoms with Gasteiger partial charge in [-0.3, -0.25) is 4.98 Å². The van der Waals surface area contributed by atoms with Crippen molar-refractivity contribution in [3.63, 3.8) is 0 Å². The maximum absolute atomic E-state index is 6.17. The average Bonchev–Trinajstić information content (AvgIpc) is 3.64. The van der Waals surface area contributed by atoms with Crippen molar-refractivity contribution in [2.45, 2.75) is 64.6 Å². The molecule has 2 fully saturated rings. The van der Waals surface area contributed by atoms with E-state index in [-0.39, 0.29) is 12.1 Å². The molecule has 0 radical (unpaired) electrons. The lowest BCUT2D eigenvalue weighted by atomic mass is 9.96. The van der Waals surface area contributed by atoms with Crippen molar-refractivity contribution >= 4 is 23.0 Å². The summed E-state index contributed by atoms with van der Waals surface area (Å²) in [6.07, 6.45) is 7.00. The number of benzene rings is 2. The molecule has 1 saturated heterocycles. The summed E-state index contributed by atoms with van der Waals surface area (Å²) in [5.74, 6) is 1.67. The second-order valence-electron chi connectivity index (χ2n) is 10.5. The molecule has 2 atom stereocenters. The van der Waals surface area contributed by atoms with Crippen molar-refractivity contribution < 1.29 is 4.74 Å². The van der Waals surface area contributed by atoms with E-state index in [1.54, 1.807) is 0 Å². The summed E-state index contributed by atoms with van der Waals surface area (Å²) in [5.41, 5.74) is 7.09. The van der Waals surface area contributed by atoms with Gasteiger partial charge in [0, 0.05) is 29.3 Å². The fourth-order valence-electron chi connectivity index (χ4n) is 6.25. The van der Waals surface area contributed by atoms with Crippen molar-refractivity contribution in [3.8, 4) is 11.5 Å². The molecule has 2 aliphatic rings. The summed E-state index contributed by atoms with van der Waals surface area (Å²) < 4.78 is 8.74. The van der Waals surface area contributed by atoms with Crippen LogP contribution in [0.15, 0.2) is 79.0 Å². The van der Waals surface area contributed by atoms with Gasteiger partial charge in [0.15, 0.2) is 5.11 Å². The summed E-state index contributed by atoms with van der Waals surface area (Å²) in [4.78, 5) is 6.99. The molecular weight excluding hydrogens is 488 g/mol. The Morgan fingerprint density at radius 2 is 1.66 bits per heavy atom. The summed E-state index contributed by atoms with van der Waals surface area (Å²) in [6.45, 7) is 6.57. The van der Waals surface area contributed by atoms with Crippen LogP contribution in [0.5, 0.6) is 11.5 Å². The van der Waals surface area contributed by atoms with Crippen LogP contribution in [0.2, 0.25) is 0 Å². The Hall–Kier alpha value is -3.64. The average molecular weight is 523 g/mol. The van der Waals surface area contributed by atoms with Crippen LogP contribution < -0.4 is 15.0 Å². The van der Waals surface area contributed by atoms with Gasteiger partial charge >= 0.3 is 0 Å². The third-order valence-electron chi connectivity index (χ3n) is 8.07. The van der Waals surface area contributed by atoms with Crippen molar-refractivity contribution in [1.29, 1.82) is 0 Å². The minimum Gasteiger partial charge on any atom is -0.457 e. The Labute approximate surface area is 230 Å². The summed E-state index contributed by atoms with van der Waals surface area (Å²) in [7, 11) is 0. The van der Waals surface area contributed by atoms with Gasteiger partial charge in [-0.25, -0.2) is 0 Å². The quantitative estimate of drug-likeness (QED) is 0.261. The molecule has 1 saturated carbocycles. The second-order valence-corrected chi connectivity index (χ2v) is 10.9. The highest BCUT2D eigenvalue weighted by Crippen LogP contribution is 2.45. The van der Waals surface area contributed by atoms with Gasteiger partial charge < -0.3 is 19.5 Å². The Morgan fingerprint density at radius 1 is 0.921 bits per heavy atom. The third-order valence-corrected chi connectivity index (χ3v) is 8.38. The van der Waals surface area contributed by atoms with E-state index in [0.29, 0.717) is 11.2 Å². The molecule has 0 unspecified atom stereocenters. The minimum atomic E-state index is -0.0517. The number of ether oxygens (including phenoxy) is 1. The van der Waals surface area contributed by atoms with Crippen LogP contribution >= 0.6 is 12.2 Å². The zero-order valence-corrected chi connectivity index (χ0v) is 23.0. The first-order chi connectivity index (χ1) is 18.5. The maximum atomic E-state index is 6.17. The fraction of sp³-hybridized carbons (Fsp3) is 0.312. The van der Waals surface area contributed by atoms with E-state index in [9.17, 15) is 0 Å². The first-order valence-corrected chi connectivity index (χ1v) is 13.9. The molecule has 6 rings (SSSR count). The predicted molar refractivity (Wildman–Crippen MR) is 157 cm³/mol. The summed E-state index contributed by atoms with van der Waals surface area (Å²) >= 11 is 5.97. The van der Waals surface area contributed by atoms with Gasteiger partial charge in [-0.05, 0) is 105 Å². The first-order valence-electron chi connectivity index (χ1n) is 13.5. The molecule has 5 nitrogen and oxygen atoms in total. The summed E-state index contributed by atoms with van der Waals surface area (Å²) in [6, 6.07) is 25.3. The number of anilines is 1. The molecule has 38 heavy (non-hydrogen) atoms. The molecule has 2 aromatic carbocycles. The van der Waals surface area contributed by atoms with E-state index in [1.807, 2.05) is 48.7 Å². The second kappa shape index (κ2) is 10.3. The Balaban J connectivity index is 1.39. The highest BCUT2D eigenvalue weighted by Gasteiger charge is 2.42. The topological polar surface area (TPSA) is 42.3 Å². The van der Waals surface area contributed by atoms with Gasteiger partial charge in [0.05, 0.1) is 17.8 Å². The van der Waals surface area contributed by atoms with Gasteiger partial charge in [-0.1, -0.05) is 37.1 Å². The molecule has 3 heterocycles. The Morgan fingerprint density at radius 3 is 2.37 bits per heavy atom. The largest absolute Gasteiger partial charge is 0.457 e. The lowest BCUT2D eigenvalue weighted by molar-refractivity contribution is 0.479. The van der Waals surface area contributed by atoms with Crippen LogP contribution in [0.1, 0.15) is 72.0 Å². The molecule has 1 N–H and O–H groups in total. The lowest BCUT2D eigenvalue weighted by Gasteiger charge is -2.28. The molecule has 6 heteroatoms. The minimum absolute atomic E-state index is 0.0121. The number of nitrogens with zero attached hydrogens (tertiary/aromatic N) is 3. The van der Waals surface area contributed by atoms with Crippen LogP contribution in [0, 0.1) is 20.8 Å². The number of pyridine rings is 1. The van der Waals surface area contributed by atoms with E-state index in [1.165, 1.54) is 42.6 Å². The van der Waals surface area contributed by atoms with E-state index in [2.05, 4.69) is 65.9 Å². The van der Waals surface area contributed by atoms with Crippen LogP contribution in [0.4, 0.5) is 5.69 Å². The molecule has 0 bridgehead atoms. The van der Waals surface area contributed by atoms with E-state index < -0.39 is 0 Å². The van der Waals surface area contributed by atoms with Crippen LogP contribution in [0.25, 0.3) is 0 Å². The number of rotatable bonds is 6. The van der Waals surface area contributed by atoms with Crippen LogP contribution in [-0.4, -0.2) is 14.7 Å². The van der Waals surface area contributed by atoms with E-state index >= 15 is 0 Å². The highest BCUT2D eigenvalue weighted by atomic mass is 32.1. The number of thiocarbonyl (C=S) groups is 1. The van der Waals surface area contributed by atoms with Gasteiger partial charge in [0.2, 0.25) is 0 Å². The van der Waals surface area contributed by atoms with Gasteiger partial charge in [-0.2, -0.15) is 0 Å². The van der Waals surface area contributed by atoms with Crippen LogP contribution in [-0.2, 0) is 0 Å². The maximum Gasteiger partial charge on any atom is 0.174 e. The smallest absolute Gasteiger partial charge is 0.174 e. The molecule has 1 aliphatic heterocycles. The number of hydrogen-bond acceptors (Lipinski definition) is 3. The van der Waals surface area contributed by atoms with Crippen molar-refractivity contribution in [2.75, 3.05) is 4.90 Å². The Kier molecular flexibility index (Phi) is 6.66. The van der Waals surface area contributed by atoms with Crippen molar-refractivity contribution in [3.05, 3.63) is 107 Å². The van der Waals surface area contributed by atoms with Crippen molar-refractivity contribution in [1.82, 2.24) is 14.9 Å². The number of hydrogen-bond donors (Lipinski definition) is 1.